The molecule has 1 amide bonds. The second kappa shape index (κ2) is 7.45. The molecule has 26 heavy (non-hydrogen) atoms. The molecule has 0 aliphatic carbocycles. The standard InChI is InChI=1S/C17H19F3N4O2/c1-11-4-5-15(21-8-11)23-16(25)13(7-12-3-2-6-26-12)24-9-14(22-10-24)17(18,19)20/h4-5,8-10,12-13H,2-3,6-7H2,1H3,(H,21,23,25)/t12?,13-/m0/s1. The van der Waals surface area contributed by atoms with Crippen LogP contribution < -0.4 is 5.32 Å². The first-order chi connectivity index (χ1) is 12.3. The average Bonchev–Trinajstić information content (AvgIpc) is 3.25. The van der Waals surface area contributed by atoms with Crippen LogP contribution in [0.4, 0.5) is 19.0 Å². The predicted molar refractivity (Wildman–Crippen MR) is 87.5 cm³/mol. The van der Waals surface area contributed by atoms with Crippen molar-refractivity contribution in [3.8, 4) is 0 Å². The van der Waals surface area contributed by atoms with Crippen LogP contribution >= 0.6 is 0 Å². The van der Waals surface area contributed by atoms with E-state index in [0.717, 1.165) is 30.9 Å². The van der Waals surface area contributed by atoms with Crippen molar-refractivity contribution >= 4 is 11.7 Å². The molecule has 140 valence electrons. The van der Waals surface area contributed by atoms with E-state index in [4.69, 9.17) is 4.74 Å². The van der Waals surface area contributed by atoms with Crippen LogP contribution in [0.3, 0.4) is 0 Å². The van der Waals surface area contributed by atoms with Crippen LogP contribution in [0.1, 0.15) is 36.6 Å². The number of nitrogens with zero attached hydrogens (tertiary/aromatic N) is 3. The summed E-state index contributed by atoms with van der Waals surface area (Å²) in [7, 11) is 0. The number of aryl methyl sites for hydroxylation is 1. The van der Waals surface area contributed by atoms with Crippen LogP contribution in [0.25, 0.3) is 0 Å². The molecular formula is C17H19F3N4O2. The lowest BCUT2D eigenvalue weighted by atomic mass is 10.1. The highest BCUT2D eigenvalue weighted by atomic mass is 19.4. The summed E-state index contributed by atoms with van der Waals surface area (Å²) < 4.78 is 45.3. The minimum absolute atomic E-state index is 0.173. The third-order valence-electron chi connectivity index (χ3n) is 4.23. The van der Waals surface area contributed by atoms with Gasteiger partial charge in [-0.1, -0.05) is 6.07 Å². The summed E-state index contributed by atoms with van der Waals surface area (Å²) in [5, 5.41) is 2.65. The molecule has 0 radical (unpaired) electrons. The van der Waals surface area contributed by atoms with Gasteiger partial charge in [0, 0.05) is 25.4 Å². The maximum Gasteiger partial charge on any atom is 0.434 e. The number of carbonyl (C=O) groups is 1. The van der Waals surface area contributed by atoms with Gasteiger partial charge in [-0.3, -0.25) is 4.79 Å². The van der Waals surface area contributed by atoms with E-state index in [1.807, 2.05) is 6.92 Å². The van der Waals surface area contributed by atoms with Crippen LogP contribution in [0.5, 0.6) is 0 Å². The molecule has 9 heteroatoms. The Kier molecular flexibility index (Phi) is 5.26. The van der Waals surface area contributed by atoms with Crippen LogP contribution in [0.2, 0.25) is 0 Å². The fraction of sp³-hybridized carbons (Fsp3) is 0.471. The Balaban J connectivity index is 1.81. The first-order valence-electron chi connectivity index (χ1n) is 8.29. The third kappa shape index (κ3) is 4.40. The second-order valence-electron chi connectivity index (χ2n) is 6.30. The van der Waals surface area contributed by atoms with Gasteiger partial charge in [-0.05, 0) is 31.4 Å². The van der Waals surface area contributed by atoms with Crippen LogP contribution in [0, 0.1) is 6.92 Å². The monoisotopic (exact) mass is 368 g/mol. The number of carbonyl (C=O) groups excluding carboxylic acids is 1. The summed E-state index contributed by atoms with van der Waals surface area (Å²) in [6.45, 7) is 2.46. The molecule has 3 heterocycles. The number of pyridine rings is 1. The largest absolute Gasteiger partial charge is 0.434 e. The summed E-state index contributed by atoms with van der Waals surface area (Å²) in [4.78, 5) is 20.2. The fourth-order valence-electron chi connectivity index (χ4n) is 2.85. The van der Waals surface area contributed by atoms with Crippen molar-refractivity contribution in [3.63, 3.8) is 0 Å². The molecule has 1 unspecified atom stereocenters. The molecule has 0 bridgehead atoms. The van der Waals surface area contributed by atoms with Gasteiger partial charge >= 0.3 is 6.18 Å². The van der Waals surface area contributed by atoms with Crippen molar-refractivity contribution < 1.29 is 22.7 Å². The SMILES string of the molecule is Cc1ccc(NC(=O)[C@H](CC2CCCO2)n2cnc(C(F)(F)F)c2)nc1. The molecule has 6 nitrogen and oxygen atoms in total. The Bertz CT molecular complexity index is 752. The molecule has 2 aromatic heterocycles. The van der Waals surface area contributed by atoms with Crippen molar-refractivity contribution in [1.82, 2.24) is 14.5 Å². The Morgan fingerprint density at radius 1 is 1.42 bits per heavy atom. The van der Waals surface area contributed by atoms with E-state index in [2.05, 4.69) is 15.3 Å². The number of anilines is 1. The van der Waals surface area contributed by atoms with E-state index in [1.165, 1.54) is 4.57 Å². The average molecular weight is 368 g/mol. The van der Waals surface area contributed by atoms with Crippen LogP contribution in [-0.4, -0.2) is 33.2 Å². The van der Waals surface area contributed by atoms with Crippen molar-refractivity contribution in [2.45, 2.75) is 44.5 Å². The number of ether oxygens (including phenoxy) is 1. The second-order valence-corrected chi connectivity index (χ2v) is 6.30. The summed E-state index contributed by atoms with van der Waals surface area (Å²) >= 11 is 0. The molecule has 0 saturated carbocycles. The van der Waals surface area contributed by atoms with Gasteiger partial charge in [0.1, 0.15) is 11.9 Å². The summed E-state index contributed by atoms with van der Waals surface area (Å²) in [6.07, 6.45) is 0.660. The smallest absolute Gasteiger partial charge is 0.378 e. The molecule has 2 atom stereocenters. The fourth-order valence-corrected chi connectivity index (χ4v) is 2.85. The van der Waals surface area contributed by atoms with Crippen molar-refractivity contribution in [3.05, 3.63) is 42.1 Å². The van der Waals surface area contributed by atoms with Gasteiger partial charge in [-0.25, -0.2) is 9.97 Å². The number of imidazole rings is 1. The summed E-state index contributed by atoms with van der Waals surface area (Å²) in [6, 6.07) is 2.56. The normalized spacial score (nSPS) is 18.7. The highest BCUT2D eigenvalue weighted by Crippen LogP contribution is 2.30. The Hall–Kier alpha value is -2.42. The predicted octanol–water partition coefficient (Wildman–Crippen LogP) is 3.35. The molecule has 1 fully saturated rings. The lowest BCUT2D eigenvalue weighted by Crippen LogP contribution is -2.29. The maximum absolute atomic E-state index is 12.8. The Labute approximate surface area is 148 Å². The first-order valence-corrected chi connectivity index (χ1v) is 8.29. The maximum atomic E-state index is 12.8. The number of alkyl halides is 3. The van der Waals surface area contributed by atoms with Gasteiger partial charge < -0.3 is 14.6 Å². The van der Waals surface area contributed by atoms with Gasteiger partial charge in [-0.2, -0.15) is 13.2 Å². The minimum Gasteiger partial charge on any atom is -0.378 e. The van der Waals surface area contributed by atoms with Crippen LogP contribution in [-0.2, 0) is 15.7 Å². The Morgan fingerprint density at radius 2 is 2.23 bits per heavy atom. The lowest BCUT2D eigenvalue weighted by Gasteiger charge is -2.21. The third-order valence-corrected chi connectivity index (χ3v) is 4.23. The molecule has 1 N–H and O–H groups in total. The van der Waals surface area contributed by atoms with E-state index in [9.17, 15) is 18.0 Å². The van der Waals surface area contributed by atoms with Crippen LogP contribution in [0.15, 0.2) is 30.9 Å². The van der Waals surface area contributed by atoms with Gasteiger partial charge in [0.2, 0.25) is 5.91 Å². The molecular weight excluding hydrogens is 349 g/mol. The van der Waals surface area contributed by atoms with E-state index >= 15 is 0 Å². The molecule has 1 aliphatic heterocycles. The topological polar surface area (TPSA) is 69.0 Å². The molecule has 0 aromatic carbocycles. The minimum atomic E-state index is -4.56. The zero-order chi connectivity index (χ0) is 18.7. The quantitative estimate of drug-likeness (QED) is 0.879. The number of hydrogen-bond donors (Lipinski definition) is 1. The van der Waals surface area contributed by atoms with Gasteiger partial charge in [0.25, 0.3) is 0 Å². The Morgan fingerprint density at radius 3 is 2.81 bits per heavy atom. The molecule has 1 saturated heterocycles. The number of nitrogens with one attached hydrogen (secondary N) is 1. The van der Waals surface area contributed by atoms with E-state index < -0.39 is 23.8 Å². The zero-order valence-electron chi connectivity index (χ0n) is 14.2. The zero-order valence-corrected chi connectivity index (χ0v) is 14.2. The number of hydrogen-bond acceptors (Lipinski definition) is 4. The van der Waals surface area contributed by atoms with Crippen molar-refractivity contribution in [1.29, 1.82) is 0 Å². The van der Waals surface area contributed by atoms with Gasteiger partial charge in [-0.15, -0.1) is 0 Å². The molecule has 3 rings (SSSR count). The number of rotatable bonds is 5. The highest BCUT2D eigenvalue weighted by Gasteiger charge is 2.35. The highest BCUT2D eigenvalue weighted by molar-refractivity contribution is 5.92. The van der Waals surface area contributed by atoms with Crippen molar-refractivity contribution in [2.75, 3.05) is 11.9 Å². The van der Waals surface area contributed by atoms with E-state index in [-0.39, 0.29) is 12.5 Å². The number of amides is 1. The summed E-state index contributed by atoms with van der Waals surface area (Å²) in [5.41, 5.74) is -0.0977. The number of halogens is 3. The van der Waals surface area contributed by atoms with Gasteiger partial charge in [0.15, 0.2) is 5.69 Å². The van der Waals surface area contributed by atoms with E-state index in [1.54, 1.807) is 18.3 Å². The molecule has 0 spiro atoms. The van der Waals surface area contributed by atoms with Gasteiger partial charge in [0.05, 0.1) is 12.4 Å². The number of aromatic nitrogens is 3. The molecule has 1 aliphatic rings. The lowest BCUT2D eigenvalue weighted by molar-refractivity contribution is -0.141. The molecule has 2 aromatic rings. The first kappa shape index (κ1) is 18.4. The van der Waals surface area contributed by atoms with Crippen molar-refractivity contribution in [2.24, 2.45) is 0 Å². The van der Waals surface area contributed by atoms with E-state index in [0.29, 0.717) is 12.4 Å². The summed E-state index contributed by atoms with van der Waals surface area (Å²) in [5.74, 6) is -0.114.